The first-order chi connectivity index (χ1) is 11.2. The molecule has 1 atom stereocenters. The number of carbonyl (C=O) groups is 1. The van der Waals surface area contributed by atoms with Crippen LogP contribution in [-0.2, 0) is 16.0 Å². The normalized spacial score (nSPS) is 16.7. The summed E-state index contributed by atoms with van der Waals surface area (Å²) in [5.41, 5.74) is 2.54. The summed E-state index contributed by atoms with van der Waals surface area (Å²) < 4.78 is 15.9. The maximum Gasteiger partial charge on any atom is 0.335 e. The second-order valence-corrected chi connectivity index (χ2v) is 5.28. The van der Waals surface area contributed by atoms with E-state index in [1.807, 2.05) is 54.6 Å². The first-order valence-electron chi connectivity index (χ1n) is 7.39. The standard InChI is InChI=1S/C19H18O4/c1-21-16-9-7-13(8-10-16)18-12-15(19(20)23-18)11-14-5-3-4-6-17(14)22-2/h3-10,12,18H,11H2,1-2H3. The fourth-order valence-electron chi connectivity index (χ4n) is 2.62. The number of cyclic esters (lactones) is 1. The fourth-order valence-corrected chi connectivity index (χ4v) is 2.62. The van der Waals surface area contributed by atoms with Crippen LogP contribution in [0.2, 0.25) is 0 Å². The van der Waals surface area contributed by atoms with Gasteiger partial charge in [-0.3, -0.25) is 0 Å². The van der Waals surface area contributed by atoms with Gasteiger partial charge in [-0.05, 0) is 35.4 Å². The molecule has 0 spiro atoms. The van der Waals surface area contributed by atoms with Crippen LogP contribution in [0.4, 0.5) is 0 Å². The smallest absolute Gasteiger partial charge is 0.335 e. The monoisotopic (exact) mass is 310 g/mol. The lowest BCUT2D eigenvalue weighted by Crippen LogP contribution is -2.04. The number of carbonyl (C=O) groups excluding carboxylic acids is 1. The van der Waals surface area contributed by atoms with Gasteiger partial charge in [-0.1, -0.05) is 30.3 Å². The first kappa shape index (κ1) is 15.2. The van der Waals surface area contributed by atoms with E-state index in [1.54, 1.807) is 14.2 Å². The Hall–Kier alpha value is -2.75. The van der Waals surface area contributed by atoms with Crippen molar-refractivity contribution < 1.29 is 19.0 Å². The van der Waals surface area contributed by atoms with Gasteiger partial charge in [-0.2, -0.15) is 0 Å². The van der Waals surface area contributed by atoms with Gasteiger partial charge >= 0.3 is 5.97 Å². The lowest BCUT2D eigenvalue weighted by atomic mass is 10.0. The second-order valence-electron chi connectivity index (χ2n) is 5.28. The van der Waals surface area contributed by atoms with Crippen molar-refractivity contribution in [3.8, 4) is 11.5 Å². The first-order valence-corrected chi connectivity index (χ1v) is 7.39. The Bertz CT molecular complexity index is 731. The van der Waals surface area contributed by atoms with Crippen molar-refractivity contribution in [1.82, 2.24) is 0 Å². The largest absolute Gasteiger partial charge is 0.497 e. The van der Waals surface area contributed by atoms with Crippen LogP contribution in [0, 0.1) is 0 Å². The Balaban J connectivity index is 1.81. The number of benzene rings is 2. The molecule has 1 aliphatic rings. The summed E-state index contributed by atoms with van der Waals surface area (Å²) in [6.07, 6.45) is 2.02. The van der Waals surface area contributed by atoms with Gasteiger partial charge in [0.15, 0.2) is 0 Å². The van der Waals surface area contributed by atoms with Crippen molar-refractivity contribution in [2.45, 2.75) is 12.5 Å². The molecule has 2 aromatic carbocycles. The van der Waals surface area contributed by atoms with Crippen molar-refractivity contribution in [2.24, 2.45) is 0 Å². The van der Waals surface area contributed by atoms with Crippen molar-refractivity contribution >= 4 is 5.97 Å². The molecule has 0 saturated heterocycles. The minimum absolute atomic E-state index is 0.281. The predicted molar refractivity (Wildman–Crippen MR) is 86.6 cm³/mol. The van der Waals surface area contributed by atoms with Crippen LogP contribution in [0.25, 0.3) is 0 Å². The lowest BCUT2D eigenvalue weighted by molar-refractivity contribution is -0.139. The molecule has 4 heteroatoms. The summed E-state index contributed by atoms with van der Waals surface area (Å²) in [7, 11) is 3.25. The highest BCUT2D eigenvalue weighted by Crippen LogP contribution is 2.31. The molecule has 2 aromatic rings. The molecule has 0 saturated carbocycles. The molecular formula is C19H18O4. The van der Waals surface area contributed by atoms with Crippen LogP contribution in [0.5, 0.6) is 11.5 Å². The second kappa shape index (κ2) is 6.57. The molecule has 0 aromatic heterocycles. The zero-order valence-electron chi connectivity index (χ0n) is 13.1. The van der Waals surface area contributed by atoms with E-state index in [0.717, 1.165) is 22.6 Å². The molecule has 1 aliphatic heterocycles. The number of hydrogen-bond acceptors (Lipinski definition) is 4. The summed E-state index contributed by atoms with van der Waals surface area (Å²) in [5.74, 6) is 1.27. The third kappa shape index (κ3) is 3.21. The molecule has 0 bridgehead atoms. The molecule has 118 valence electrons. The topological polar surface area (TPSA) is 44.8 Å². The van der Waals surface area contributed by atoms with Crippen LogP contribution in [0.1, 0.15) is 17.2 Å². The van der Waals surface area contributed by atoms with Crippen LogP contribution in [0.3, 0.4) is 0 Å². The summed E-state index contributed by atoms with van der Waals surface area (Å²) in [6.45, 7) is 0. The molecule has 0 aliphatic carbocycles. The molecule has 0 radical (unpaired) electrons. The SMILES string of the molecule is COc1ccc(C2C=C(Cc3ccccc3OC)C(=O)O2)cc1. The van der Waals surface area contributed by atoms with Crippen molar-refractivity contribution in [3.05, 3.63) is 71.3 Å². The number of para-hydroxylation sites is 1. The Morgan fingerprint density at radius 2 is 1.74 bits per heavy atom. The maximum absolute atomic E-state index is 12.1. The zero-order valence-corrected chi connectivity index (χ0v) is 13.1. The zero-order chi connectivity index (χ0) is 16.2. The van der Waals surface area contributed by atoms with Gasteiger partial charge in [0.2, 0.25) is 0 Å². The predicted octanol–water partition coefficient (Wildman–Crippen LogP) is 3.47. The molecule has 0 amide bonds. The van der Waals surface area contributed by atoms with Crippen molar-refractivity contribution in [1.29, 1.82) is 0 Å². The summed E-state index contributed by atoms with van der Waals surface area (Å²) in [5, 5.41) is 0. The molecular weight excluding hydrogens is 292 g/mol. The minimum Gasteiger partial charge on any atom is -0.497 e. The number of rotatable bonds is 5. The van der Waals surface area contributed by atoms with E-state index in [0.29, 0.717) is 12.0 Å². The average molecular weight is 310 g/mol. The van der Waals surface area contributed by atoms with E-state index in [1.165, 1.54) is 0 Å². The fraction of sp³-hybridized carbons (Fsp3) is 0.211. The summed E-state index contributed by atoms with van der Waals surface area (Å²) >= 11 is 0. The number of esters is 1. The Kier molecular flexibility index (Phi) is 4.33. The van der Waals surface area contributed by atoms with E-state index in [-0.39, 0.29) is 12.1 Å². The molecule has 1 heterocycles. The van der Waals surface area contributed by atoms with E-state index in [4.69, 9.17) is 14.2 Å². The van der Waals surface area contributed by atoms with E-state index in [2.05, 4.69) is 0 Å². The molecule has 4 nitrogen and oxygen atoms in total. The lowest BCUT2D eigenvalue weighted by Gasteiger charge is -2.09. The maximum atomic E-state index is 12.1. The third-order valence-corrected chi connectivity index (χ3v) is 3.87. The van der Waals surface area contributed by atoms with E-state index < -0.39 is 0 Å². The van der Waals surface area contributed by atoms with Crippen LogP contribution in [-0.4, -0.2) is 20.2 Å². The molecule has 0 fully saturated rings. The quantitative estimate of drug-likeness (QED) is 0.793. The van der Waals surface area contributed by atoms with Crippen molar-refractivity contribution in [2.75, 3.05) is 14.2 Å². The number of methoxy groups -OCH3 is 2. The number of ether oxygens (including phenoxy) is 3. The number of hydrogen-bond donors (Lipinski definition) is 0. The van der Waals surface area contributed by atoms with E-state index in [9.17, 15) is 4.79 Å². The highest BCUT2D eigenvalue weighted by Gasteiger charge is 2.27. The van der Waals surface area contributed by atoms with Gasteiger partial charge in [-0.25, -0.2) is 4.79 Å². The van der Waals surface area contributed by atoms with Gasteiger partial charge < -0.3 is 14.2 Å². The molecule has 0 N–H and O–H groups in total. The van der Waals surface area contributed by atoms with Crippen LogP contribution >= 0.6 is 0 Å². The Morgan fingerprint density at radius 3 is 2.43 bits per heavy atom. The average Bonchev–Trinajstić information content (AvgIpc) is 2.96. The van der Waals surface area contributed by atoms with Gasteiger partial charge in [-0.15, -0.1) is 0 Å². The Morgan fingerprint density at radius 1 is 1.00 bits per heavy atom. The van der Waals surface area contributed by atoms with Gasteiger partial charge in [0.25, 0.3) is 0 Å². The molecule has 23 heavy (non-hydrogen) atoms. The van der Waals surface area contributed by atoms with Crippen LogP contribution < -0.4 is 9.47 Å². The van der Waals surface area contributed by atoms with Gasteiger partial charge in [0.1, 0.15) is 17.6 Å². The summed E-state index contributed by atoms with van der Waals surface area (Å²) in [4.78, 5) is 12.1. The van der Waals surface area contributed by atoms with Gasteiger partial charge in [0.05, 0.1) is 14.2 Å². The van der Waals surface area contributed by atoms with Gasteiger partial charge in [0, 0.05) is 12.0 Å². The Labute approximate surface area is 135 Å². The molecule has 3 rings (SSSR count). The van der Waals surface area contributed by atoms with Crippen LogP contribution in [0.15, 0.2) is 60.2 Å². The highest BCUT2D eigenvalue weighted by molar-refractivity contribution is 5.91. The minimum atomic E-state index is -0.349. The van der Waals surface area contributed by atoms with Crippen molar-refractivity contribution in [3.63, 3.8) is 0 Å². The summed E-state index contributed by atoms with van der Waals surface area (Å²) in [6, 6.07) is 15.2. The molecule has 1 unspecified atom stereocenters. The highest BCUT2D eigenvalue weighted by atomic mass is 16.5. The van der Waals surface area contributed by atoms with E-state index >= 15 is 0 Å². The third-order valence-electron chi connectivity index (χ3n) is 3.87.